The molecule has 1 aromatic heterocycles. The minimum atomic E-state index is -0.728. The Kier molecular flexibility index (Phi) is 9.54. The lowest BCUT2D eigenvalue weighted by atomic mass is 9.93. The fourth-order valence-corrected chi connectivity index (χ4v) is 6.36. The number of rotatable bonds is 10. The fourth-order valence-electron chi connectivity index (χ4n) is 5.35. The van der Waals surface area contributed by atoms with Gasteiger partial charge in [-0.3, -0.25) is 9.36 Å². The summed E-state index contributed by atoms with van der Waals surface area (Å²) in [6.07, 6.45) is 1.81. The highest BCUT2D eigenvalue weighted by Gasteiger charge is 2.35. The van der Waals surface area contributed by atoms with E-state index in [4.69, 9.17) is 19.2 Å². The maximum absolute atomic E-state index is 14.1. The third-order valence-corrected chi connectivity index (χ3v) is 8.50. The summed E-state index contributed by atoms with van der Waals surface area (Å²) in [6, 6.07) is 32.8. The molecule has 0 amide bonds. The molecular weight excluding hydrogens is 612 g/mol. The van der Waals surface area contributed by atoms with E-state index in [1.807, 2.05) is 103 Å². The van der Waals surface area contributed by atoms with Gasteiger partial charge < -0.3 is 14.2 Å². The van der Waals surface area contributed by atoms with E-state index in [0.717, 1.165) is 22.3 Å². The Morgan fingerprint density at radius 2 is 1.51 bits per heavy atom. The average Bonchev–Trinajstić information content (AvgIpc) is 3.41. The van der Waals surface area contributed by atoms with Crippen LogP contribution in [0.5, 0.6) is 5.75 Å². The van der Waals surface area contributed by atoms with Crippen LogP contribution < -0.4 is 19.6 Å². The van der Waals surface area contributed by atoms with E-state index in [-0.39, 0.29) is 18.1 Å². The van der Waals surface area contributed by atoms with Crippen molar-refractivity contribution in [1.82, 2.24) is 4.57 Å². The topological polar surface area (TPSA) is 96.2 Å². The van der Waals surface area contributed by atoms with Gasteiger partial charge in [-0.25, -0.2) is 14.6 Å². The molecule has 1 atom stereocenters. The maximum atomic E-state index is 14.1. The molecule has 5 aromatic rings. The molecule has 0 aliphatic carbocycles. The number of hydrogen-bond donors (Lipinski definition) is 0. The summed E-state index contributed by atoms with van der Waals surface area (Å²) in [7, 11) is 0. The molecule has 0 N–H and O–H groups in total. The van der Waals surface area contributed by atoms with Gasteiger partial charge in [0.2, 0.25) is 0 Å². The van der Waals surface area contributed by atoms with Crippen LogP contribution in [-0.2, 0) is 20.9 Å². The summed E-state index contributed by atoms with van der Waals surface area (Å²) in [6.45, 7) is 4.33. The number of nitrogens with zero attached hydrogens (tertiary/aromatic N) is 2. The zero-order chi connectivity index (χ0) is 32.8. The van der Waals surface area contributed by atoms with Crippen LogP contribution in [0.3, 0.4) is 0 Å². The van der Waals surface area contributed by atoms with Gasteiger partial charge in [-0.15, -0.1) is 0 Å². The number of aromatic nitrogens is 1. The van der Waals surface area contributed by atoms with E-state index in [1.165, 1.54) is 11.3 Å². The van der Waals surface area contributed by atoms with Gasteiger partial charge in [-0.05, 0) is 60.9 Å². The predicted octanol–water partition coefficient (Wildman–Crippen LogP) is 5.69. The number of fused-ring (bicyclic) bond motifs is 1. The van der Waals surface area contributed by atoms with Crippen molar-refractivity contribution in [3.63, 3.8) is 0 Å². The molecule has 8 nitrogen and oxygen atoms in total. The number of benzene rings is 4. The second kappa shape index (κ2) is 14.3. The van der Waals surface area contributed by atoms with Crippen LogP contribution in [0.25, 0.3) is 11.8 Å². The van der Waals surface area contributed by atoms with Crippen molar-refractivity contribution in [3.05, 3.63) is 162 Å². The van der Waals surface area contributed by atoms with Crippen molar-refractivity contribution < 1.29 is 23.8 Å². The molecule has 4 aromatic carbocycles. The Morgan fingerprint density at radius 3 is 2.21 bits per heavy atom. The van der Waals surface area contributed by atoms with Gasteiger partial charge in [0.05, 0.1) is 40.6 Å². The summed E-state index contributed by atoms with van der Waals surface area (Å²) in [5.41, 5.74) is 4.22. The first-order valence-corrected chi connectivity index (χ1v) is 16.1. The summed E-state index contributed by atoms with van der Waals surface area (Å²) < 4.78 is 18.7. The van der Waals surface area contributed by atoms with E-state index < -0.39 is 12.0 Å². The highest BCUT2D eigenvalue weighted by molar-refractivity contribution is 7.07. The van der Waals surface area contributed by atoms with Gasteiger partial charge in [0.1, 0.15) is 12.4 Å². The molecule has 0 bridgehead atoms. The molecule has 47 heavy (non-hydrogen) atoms. The fraction of sp³-hybridized carbons (Fsp3) is 0.158. The molecule has 0 fully saturated rings. The van der Waals surface area contributed by atoms with E-state index >= 15 is 0 Å². The second-order valence-electron chi connectivity index (χ2n) is 10.6. The molecular formula is C38H32N2O6S. The van der Waals surface area contributed by atoms with Crippen LogP contribution in [0, 0.1) is 0 Å². The molecule has 0 radical (unpaired) electrons. The second-order valence-corrected chi connectivity index (χ2v) is 11.6. The highest BCUT2D eigenvalue weighted by atomic mass is 32.1. The van der Waals surface area contributed by atoms with Crippen molar-refractivity contribution in [2.24, 2.45) is 4.99 Å². The Hall–Kier alpha value is -5.54. The van der Waals surface area contributed by atoms with Crippen molar-refractivity contribution >= 4 is 35.0 Å². The van der Waals surface area contributed by atoms with E-state index in [1.54, 1.807) is 30.5 Å². The van der Waals surface area contributed by atoms with Crippen LogP contribution in [0.2, 0.25) is 0 Å². The number of esters is 2. The lowest BCUT2D eigenvalue weighted by molar-refractivity contribution is -0.138. The number of carbonyl (C=O) groups excluding carboxylic acids is 2. The normalized spacial score (nSPS) is 14.3. The van der Waals surface area contributed by atoms with Gasteiger partial charge in [-0.1, -0.05) is 96.3 Å². The molecule has 0 saturated heterocycles. The zero-order valence-electron chi connectivity index (χ0n) is 25.9. The smallest absolute Gasteiger partial charge is 0.338 e. The van der Waals surface area contributed by atoms with Crippen LogP contribution in [-0.4, -0.2) is 29.7 Å². The SMILES string of the molecule is CCOC(=O)C1=C(c2ccccc2)N=c2s/c(=C\c3cccc(OCc4ccc(C(=O)OCC)cc4)c3)c(=O)n2[C@@H]1c1ccccc1. The zero-order valence-corrected chi connectivity index (χ0v) is 26.7. The first-order valence-electron chi connectivity index (χ1n) is 15.3. The Bertz CT molecular complexity index is 2120. The number of thiazole rings is 1. The number of carbonyl (C=O) groups is 2. The quantitative estimate of drug-likeness (QED) is 0.181. The third-order valence-electron chi connectivity index (χ3n) is 7.52. The molecule has 1 aliphatic heterocycles. The molecule has 9 heteroatoms. The molecule has 2 heterocycles. The van der Waals surface area contributed by atoms with E-state index in [2.05, 4.69) is 0 Å². The first-order chi connectivity index (χ1) is 23.0. The van der Waals surface area contributed by atoms with Crippen molar-refractivity contribution in [3.8, 4) is 5.75 Å². The monoisotopic (exact) mass is 644 g/mol. The number of hydrogen-bond acceptors (Lipinski definition) is 8. The van der Waals surface area contributed by atoms with E-state index in [0.29, 0.717) is 45.1 Å². The summed E-state index contributed by atoms with van der Waals surface area (Å²) in [5, 5.41) is 0. The van der Waals surface area contributed by atoms with Gasteiger partial charge in [0.25, 0.3) is 5.56 Å². The van der Waals surface area contributed by atoms with Crippen molar-refractivity contribution in [2.75, 3.05) is 13.2 Å². The lowest BCUT2D eigenvalue weighted by Crippen LogP contribution is -2.39. The minimum absolute atomic E-state index is 0.188. The Labute approximate surface area is 275 Å². The van der Waals surface area contributed by atoms with Gasteiger partial charge in [0.15, 0.2) is 4.80 Å². The Morgan fingerprint density at radius 1 is 0.830 bits per heavy atom. The van der Waals surface area contributed by atoms with Gasteiger partial charge >= 0.3 is 11.9 Å². The molecule has 236 valence electrons. The van der Waals surface area contributed by atoms with Crippen LogP contribution >= 0.6 is 11.3 Å². The largest absolute Gasteiger partial charge is 0.489 e. The molecule has 0 unspecified atom stereocenters. The third kappa shape index (κ3) is 6.85. The standard InChI is InChI=1S/C38H32N2O6S/c1-3-44-36(42)29-20-18-25(19-21-29)24-46-30-17-11-12-26(22-30)23-31-35(41)40-34(28-15-9-6-10-16-28)32(37(43)45-4-2)33(39-38(40)47-31)27-13-7-5-8-14-27/h5-23,34H,3-4,24H2,1-2H3/b31-23-/t34-/m1/s1. The predicted molar refractivity (Wildman–Crippen MR) is 181 cm³/mol. The minimum Gasteiger partial charge on any atom is -0.489 e. The van der Waals surface area contributed by atoms with Crippen molar-refractivity contribution in [1.29, 1.82) is 0 Å². The number of ether oxygens (including phenoxy) is 3. The van der Waals surface area contributed by atoms with Crippen LogP contribution in [0.4, 0.5) is 0 Å². The van der Waals surface area contributed by atoms with Crippen LogP contribution in [0.1, 0.15) is 52.5 Å². The molecule has 0 saturated carbocycles. The van der Waals surface area contributed by atoms with Gasteiger partial charge in [0, 0.05) is 5.56 Å². The molecule has 6 rings (SSSR count). The lowest BCUT2D eigenvalue weighted by Gasteiger charge is -2.25. The van der Waals surface area contributed by atoms with E-state index in [9.17, 15) is 14.4 Å². The van der Waals surface area contributed by atoms with Crippen molar-refractivity contribution in [2.45, 2.75) is 26.5 Å². The van der Waals surface area contributed by atoms with Gasteiger partial charge in [-0.2, -0.15) is 0 Å². The summed E-state index contributed by atoms with van der Waals surface area (Å²) in [4.78, 5) is 45.0. The summed E-state index contributed by atoms with van der Waals surface area (Å²) >= 11 is 1.27. The maximum Gasteiger partial charge on any atom is 0.338 e. The molecule has 1 aliphatic rings. The summed E-state index contributed by atoms with van der Waals surface area (Å²) in [5.74, 6) is -0.251. The van der Waals surface area contributed by atoms with Crippen LogP contribution in [0.15, 0.2) is 125 Å². The Balaban J connectivity index is 1.37. The first kappa shape index (κ1) is 31.4. The highest BCUT2D eigenvalue weighted by Crippen LogP contribution is 2.35. The average molecular weight is 645 g/mol. The molecule has 0 spiro atoms.